The second kappa shape index (κ2) is 8.78. The summed E-state index contributed by atoms with van der Waals surface area (Å²) >= 11 is 0. The molecule has 11 nitrogen and oxygen atoms in total. The van der Waals surface area contributed by atoms with Crippen LogP contribution in [0.5, 0.6) is 0 Å². The van der Waals surface area contributed by atoms with Crippen molar-refractivity contribution in [2.24, 2.45) is 7.05 Å². The van der Waals surface area contributed by atoms with Crippen LogP contribution >= 0.6 is 0 Å². The number of aryl methyl sites for hydroxylation is 3. The van der Waals surface area contributed by atoms with Crippen LogP contribution in [0.2, 0.25) is 0 Å². The molecule has 0 spiro atoms. The van der Waals surface area contributed by atoms with E-state index in [9.17, 15) is 13.2 Å². The van der Waals surface area contributed by atoms with Gasteiger partial charge >= 0.3 is 5.76 Å². The van der Waals surface area contributed by atoms with E-state index in [0.29, 0.717) is 54.7 Å². The Morgan fingerprint density at radius 2 is 1.74 bits per heavy atom. The molecule has 35 heavy (non-hydrogen) atoms. The molecule has 0 aliphatic carbocycles. The highest BCUT2D eigenvalue weighted by Gasteiger charge is 2.30. The molecular weight excluding hydrogens is 470 g/mol. The standard InChI is InChI=1S/C23H25N7O4S/c1-15-6-7-24-20(12-15)27-21-14-22(26-16(2)25-21)29-8-10-30(11-9-29)35(32,33)17-4-5-19-18(13-17)28(3)23(31)34-19/h4-7,12-14H,8-11H2,1-3H3,(H,24,25,26,27). The van der Waals surface area contributed by atoms with Crippen molar-refractivity contribution in [2.75, 3.05) is 36.4 Å². The Kier molecular flexibility index (Phi) is 5.77. The molecule has 0 radical (unpaired) electrons. The number of pyridine rings is 1. The number of anilines is 3. The van der Waals surface area contributed by atoms with E-state index in [1.54, 1.807) is 13.2 Å². The summed E-state index contributed by atoms with van der Waals surface area (Å²) in [4.78, 5) is 27.2. The van der Waals surface area contributed by atoms with E-state index in [4.69, 9.17) is 4.42 Å². The third kappa shape index (κ3) is 4.49. The molecule has 0 amide bonds. The first-order valence-electron chi connectivity index (χ1n) is 11.1. The van der Waals surface area contributed by atoms with Crippen LogP contribution in [0.15, 0.2) is 56.7 Å². The second-order valence-corrected chi connectivity index (χ2v) is 10.4. The number of sulfonamides is 1. The van der Waals surface area contributed by atoms with Crippen molar-refractivity contribution in [1.29, 1.82) is 0 Å². The van der Waals surface area contributed by atoms with E-state index >= 15 is 0 Å². The number of nitrogens with zero attached hydrogens (tertiary/aromatic N) is 6. The minimum atomic E-state index is -3.73. The zero-order chi connectivity index (χ0) is 24.7. The van der Waals surface area contributed by atoms with E-state index in [2.05, 4.69) is 20.3 Å². The van der Waals surface area contributed by atoms with Gasteiger partial charge in [-0.2, -0.15) is 4.31 Å². The van der Waals surface area contributed by atoms with Crippen molar-refractivity contribution in [3.63, 3.8) is 0 Å². The first-order chi connectivity index (χ1) is 16.7. The maximum Gasteiger partial charge on any atom is 0.419 e. The maximum atomic E-state index is 13.3. The Hall–Kier alpha value is -3.77. The number of hydrogen-bond donors (Lipinski definition) is 1. The first kappa shape index (κ1) is 23.0. The Morgan fingerprint density at radius 1 is 0.971 bits per heavy atom. The summed E-state index contributed by atoms with van der Waals surface area (Å²) in [5.41, 5.74) is 1.87. The number of hydrogen-bond acceptors (Lipinski definition) is 9. The smallest absolute Gasteiger partial charge is 0.408 e. The lowest BCUT2D eigenvalue weighted by Crippen LogP contribution is -2.49. The zero-order valence-corrected chi connectivity index (χ0v) is 20.4. The quantitative estimate of drug-likeness (QED) is 0.443. The summed E-state index contributed by atoms with van der Waals surface area (Å²) in [6.07, 6.45) is 1.73. The lowest BCUT2D eigenvalue weighted by Gasteiger charge is -2.34. The van der Waals surface area contributed by atoms with Crippen molar-refractivity contribution in [1.82, 2.24) is 23.8 Å². The molecule has 0 saturated carbocycles. The fraction of sp³-hybridized carbons (Fsp3) is 0.304. The summed E-state index contributed by atoms with van der Waals surface area (Å²) in [6.45, 7) is 5.37. The highest BCUT2D eigenvalue weighted by molar-refractivity contribution is 7.89. The largest absolute Gasteiger partial charge is 0.419 e. The monoisotopic (exact) mass is 495 g/mol. The van der Waals surface area contributed by atoms with Crippen molar-refractivity contribution >= 4 is 38.6 Å². The second-order valence-electron chi connectivity index (χ2n) is 8.45. The topological polar surface area (TPSA) is 126 Å². The summed E-state index contributed by atoms with van der Waals surface area (Å²) in [7, 11) is -2.18. The van der Waals surface area contributed by atoms with Crippen molar-refractivity contribution in [3.05, 3.63) is 64.5 Å². The predicted octanol–water partition coefficient (Wildman–Crippen LogP) is 2.19. The molecule has 5 rings (SSSR count). The normalized spacial score (nSPS) is 15.0. The highest BCUT2D eigenvalue weighted by Crippen LogP contribution is 2.25. The van der Waals surface area contributed by atoms with E-state index < -0.39 is 15.8 Å². The van der Waals surface area contributed by atoms with Gasteiger partial charge in [-0.25, -0.2) is 28.2 Å². The molecule has 0 atom stereocenters. The molecule has 4 heterocycles. The van der Waals surface area contributed by atoms with Crippen LogP contribution < -0.4 is 16.0 Å². The lowest BCUT2D eigenvalue weighted by atomic mass is 10.3. The number of benzene rings is 1. The van der Waals surface area contributed by atoms with Crippen LogP contribution in [0.25, 0.3) is 11.1 Å². The van der Waals surface area contributed by atoms with Crippen molar-refractivity contribution in [3.8, 4) is 0 Å². The number of nitrogens with one attached hydrogen (secondary N) is 1. The fourth-order valence-electron chi connectivity index (χ4n) is 4.09. The molecule has 4 aromatic rings. The Bertz CT molecular complexity index is 1570. The molecule has 1 saturated heterocycles. The predicted molar refractivity (Wildman–Crippen MR) is 131 cm³/mol. The third-order valence-corrected chi connectivity index (χ3v) is 7.85. The van der Waals surface area contributed by atoms with Crippen LogP contribution in [0.3, 0.4) is 0 Å². The molecule has 0 bridgehead atoms. The third-order valence-electron chi connectivity index (χ3n) is 5.96. The van der Waals surface area contributed by atoms with Crippen LogP contribution in [0, 0.1) is 13.8 Å². The van der Waals surface area contributed by atoms with Gasteiger partial charge in [0.2, 0.25) is 10.0 Å². The van der Waals surface area contributed by atoms with E-state index in [0.717, 1.165) is 11.4 Å². The maximum absolute atomic E-state index is 13.3. The summed E-state index contributed by atoms with van der Waals surface area (Å²) in [6, 6.07) is 10.2. The van der Waals surface area contributed by atoms with Crippen LogP contribution in [0.4, 0.5) is 17.5 Å². The van der Waals surface area contributed by atoms with Crippen LogP contribution in [-0.2, 0) is 17.1 Å². The number of aromatic nitrogens is 4. The van der Waals surface area contributed by atoms with Gasteiger partial charge in [0.25, 0.3) is 0 Å². The highest BCUT2D eigenvalue weighted by atomic mass is 32.2. The Morgan fingerprint density at radius 3 is 2.49 bits per heavy atom. The van der Waals surface area contributed by atoms with Gasteiger partial charge in [0, 0.05) is 45.5 Å². The van der Waals surface area contributed by atoms with Crippen LogP contribution in [0.1, 0.15) is 11.4 Å². The molecule has 1 aliphatic rings. The average molecular weight is 496 g/mol. The molecule has 1 aromatic carbocycles. The van der Waals surface area contributed by atoms with Gasteiger partial charge in [0.1, 0.15) is 23.3 Å². The van der Waals surface area contributed by atoms with E-state index in [1.165, 1.54) is 27.1 Å². The van der Waals surface area contributed by atoms with Gasteiger partial charge in [-0.1, -0.05) is 0 Å². The minimum absolute atomic E-state index is 0.130. The fourth-order valence-corrected chi connectivity index (χ4v) is 5.53. The molecule has 12 heteroatoms. The molecule has 1 aliphatic heterocycles. The van der Waals surface area contributed by atoms with Gasteiger partial charge in [-0.15, -0.1) is 0 Å². The molecule has 3 aromatic heterocycles. The molecule has 0 unspecified atom stereocenters. The molecule has 1 N–H and O–H groups in total. The van der Waals surface area contributed by atoms with Crippen LogP contribution in [-0.4, -0.2) is 58.4 Å². The Labute approximate surface area is 202 Å². The molecular formula is C23H25N7O4S. The minimum Gasteiger partial charge on any atom is -0.408 e. The van der Waals surface area contributed by atoms with E-state index in [-0.39, 0.29) is 4.90 Å². The first-order valence-corrected chi connectivity index (χ1v) is 12.5. The zero-order valence-electron chi connectivity index (χ0n) is 19.6. The Balaban J connectivity index is 1.32. The van der Waals surface area contributed by atoms with Crippen molar-refractivity contribution in [2.45, 2.75) is 18.7 Å². The lowest BCUT2D eigenvalue weighted by molar-refractivity contribution is 0.383. The molecule has 182 valence electrons. The van der Waals surface area contributed by atoms with Crippen molar-refractivity contribution < 1.29 is 12.8 Å². The van der Waals surface area contributed by atoms with Gasteiger partial charge in [-0.3, -0.25) is 4.57 Å². The average Bonchev–Trinajstić information content (AvgIpc) is 3.11. The van der Waals surface area contributed by atoms with E-state index in [1.807, 2.05) is 36.9 Å². The summed E-state index contributed by atoms with van der Waals surface area (Å²) in [5, 5.41) is 3.21. The SMILES string of the molecule is Cc1ccnc(Nc2cc(N3CCN(S(=O)(=O)c4ccc5oc(=O)n(C)c5c4)CC3)nc(C)n2)c1. The van der Waals surface area contributed by atoms with Gasteiger partial charge in [-0.05, 0) is 49.7 Å². The van der Waals surface area contributed by atoms with Gasteiger partial charge in [0.15, 0.2) is 5.58 Å². The summed E-state index contributed by atoms with van der Waals surface area (Å²) < 4.78 is 34.4. The van der Waals surface area contributed by atoms with Gasteiger partial charge in [0.05, 0.1) is 10.4 Å². The number of oxazole rings is 1. The van der Waals surface area contributed by atoms with Gasteiger partial charge < -0.3 is 14.6 Å². The number of piperazine rings is 1. The number of rotatable bonds is 5. The number of fused-ring (bicyclic) bond motifs is 1. The molecule has 1 fully saturated rings. The summed E-state index contributed by atoms with van der Waals surface area (Å²) in [5.74, 6) is 2.11.